The lowest BCUT2D eigenvalue weighted by Gasteiger charge is -2.43. The van der Waals surface area contributed by atoms with Crippen LogP contribution in [0.5, 0.6) is 11.6 Å². The van der Waals surface area contributed by atoms with Crippen molar-refractivity contribution in [1.29, 1.82) is 0 Å². The third-order valence-corrected chi connectivity index (χ3v) is 11.6. The first-order valence-corrected chi connectivity index (χ1v) is 20.7. The van der Waals surface area contributed by atoms with E-state index in [9.17, 15) is 5.11 Å². The lowest BCUT2D eigenvalue weighted by molar-refractivity contribution is -0.0652. The zero-order valence-corrected chi connectivity index (χ0v) is 35.4. The van der Waals surface area contributed by atoms with E-state index in [2.05, 4.69) is 73.3 Å². The molecule has 0 amide bonds. The summed E-state index contributed by atoms with van der Waals surface area (Å²) < 4.78 is 34.0. The van der Waals surface area contributed by atoms with Crippen molar-refractivity contribution < 1.29 is 28.8 Å². The van der Waals surface area contributed by atoms with Gasteiger partial charge in [0.1, 0.15) is 41.5 Å². The monoisotopic (exact) mass is 818 g/mol. The topological polar surface area (TPSA) is 100 Å². The van der Waals surface area contributed by atoms with Crippen molar-refractivity contribution in [3.8, 4) is 11.6 Å². The molecule has 10 nitrogen and oxygen atoms in total. The van der Waals surface area contributed by atoms with Crippen LogP contribution in [0, 0.1) is 0 Å². The van der Waals surface area contributed by atoms with Gasteiger partial charge in [-0.05, 0) is 60.7 Å². The van der Waals surface area contributed by atoms with Crippen LogP contribution in [0.4, 0.5) is 0 Å². The van der Waals surface area contributed by atoms with Crippen LogP contribution >= 0.6 is 0 Å². The van der Waals surface area contributed by atoms with Gasteiger partial charge in [0.25, 0.3) is 0 Å². The molecule has 2 aromatic heterocycles. The molecule has 1 aliphatic heterocycles. The van der Waals surface area contributed by atoms with E-state index in [0.29, 0.717) is 23.5 Å². The molecule has 8 rings (SSSR count). The van der Waals surface area contributed by atoms with Crippen LogP contribution in [-0.2, 0) is 39.8 Å². The summed E-state index contributed by atoms with van der Waals surface area (Å²) in [4.78, 5) is 11.7. The minimum absolute atomic E-state index is 0.160. The average Bonchev–Trinajstić information content (AvgIpc) is 3.81. The molecule has 0 spiro atoms. The van der Waals surface area contributed by atoms with Crippen molar-refractivity contribution in [3.05, 3.63) is 191 Å². The molecule has 0 aliphatic carbocycles. The molecule has 1 saturated heterocycles. The fourth-order valence-corrected chi connectivity index (χ4v) is 8.87. The normalized spacial score (nSPS) is 18.4. The molecule has 314 valence electrons. The Kier molecular flexibility index (Phi) is 12.6. The number of hydrogen-bond acceptors (Lipinski definition) is 9. The maximum atomic E-state index is 12.9. The van der Waals surface area contributed by atoms with E-state index in [1.807, 2.05) is 114 Å². The van der Waals surface area contributed by atoms with Gasteiger partial charge in [0.15, 0.2) is 0 Å². The largest absolute Gasteiger partial charge is 0.497 e. The van der Waals surface area contributed by atoms with Gasteiger partial charge in [-0.1, -0.05) is 133 Å². The predicted octanol–water partition coefficient (Wildman–Crippen LogP) is 9.10. The summed E-state index contributed by atoms with van der Waals surface area (Å²) in [6.45, 7) is 7.56. The molecule has 1 fully saturated rings. The van der Waals surface area contributed by atoms with E-state index in [4.69, 9.17) is 28.7 Å². The second-order valence-corrected chi connectivity index (χ2v) is 16.4. The number of aliphatic hydroxyl groups excluding tert-OH is 1. The summed E-state index contributed by atoms with van der Waals surface area (Å²) in [5.74, 6) is 1.18. The molecule has 10 heteroatoms. The number of aromatic nitrogens is 3. The van der Waals surface area contributed by atoms with Crippen LogP contribution < -0.4 is 9.47 Å². The first-order chi connectivity index (χ1) is 29.7. The Hall–Kier alpha value is -5.88. The molecule has 0 radical (unpaired) electrons. The first-order valence-electron chi connectivity index (χ1n) is 20.7. The van der Waals surface area contributed by atoms with Gasteiger partial charge in [0.05, 0.1) is 52.2 Å². The van der Waals surface area contributed by atoms with Crippen LogP contribution in [0.2, 0.25) is 0 Å². The Morgan fingerprint density at radius 1 is 0.656 bits per heavy atom. The molecule has 0 bridgehead atoms. The summed E-state index contributed by atoms with van der Waals surface area (Å²) >= 11 is 0. The molecule has 1 N–H and O–H groups in total. The van der Waals surface area contributed by atoms with E-state index in [1.165, 1.54) is 6.33 Å². The fraction of sp³-hybridized carbons (Fsp3) is 0.294. The van der Waals surface area contributed by atoms with Crippen LogP contribution in [-0.4, -0.2) is 69.2 Å². The molecule has 1 aliphatic rings. The van der Waals surface area contributed by atoms with Crippen LogP contribution in [0.3, 0.4) is 0 Å². The van der Waals surface area contributed by atoms with Crippen LogP contribution in [0.1, 0.15) is 60.2 Å². The summed E-state index contributed by atoms with van der Waals surface area (Å²) in [6.07, 6.45) is 1.88. The van der Waals surface area contributed by atoms with Crippen molar-refractivity contribution in [1.82, 2.24) is 19.4 Å². The third kappa shape index (κ3) is 8.55. The number of nitrogens with zero attached hydrogens (tertiary/aromatic N) is 4. The Labute approximate surface area is 358 Å². The van der Waals surface area contributed by atoms with Crippen molar-refractivity contribution in [2.45, 2.75) is 76.1 Å². The lowest BCUT2D eigenvalue weighted by Crippen LogP contribution is -2.51. The van der Waals surface area contributed by atoms with E-state index >= 15 is 0 Å². The number of methoxy groups -OCH3 is 2. The Bertz CT molecular complexity index is 2360. The minimum Gasteiger partial charge on any atom is -0.497 e. The van der Waals surface area contributed by atoms with Gasteiger partial charge in [-0.15, -0.1) is 0 Å². The molecular formula is C51H54N4O6. The smallest absolute Gasteiger partial charge is 0.241 e. The number of fused-ring (bicyclic) bond motifs is 1. The van der Waals surface area contributed by atoms with Crippen molar-refractivity contribution >= 4 is 11.0 Å². The number of likely N-dealkylation sites (tertiary alicyclic amines) is 1. The lowest BCUT2D eigenvalue weighted by atomic mass is 9.80. The molecule has 0 unspecified atom stereocenters. The van der Waals surface area contributed by atoms with Gasteiger partial charge in [-0.3, -0.25) is 4.90 Å². The van der Waals surface area contributed by atoms with Gasteiger partial charge in [-0.25, -0.2) is 4.98 Å². The number of ether oxygens (including phenoxy) is 5. The van der Waals surface area contributed by atoms with E-state index in [1.54, 1.807) is 14.2 Å². The average molecular weight is 819 g/mol. The van der Waals surface area contributed by atoms with Gasteiger partial charge < -0.3 is 33.4 Å². The van der Waals surface area contributed by atoms with E-state index in [0.717, 1.165) is 39.1 Å². The van der Waals surface area contributed by atoms with E-state index in [-0.39, 0.29) is 19.9 Å². The minimum atomic E-state index is -1.00. The Balaban J connectivity index is 1.24. The zero-order valence-electron chi connectivity index (χ0n) is 35.4. The summed E-state index contributed by atoms with van der Waals surface area (Å²) in [5, 5.41) is 12.9. The molecule has 5 aromatic carbocycles. The highest BCUT2D eigenvalue weighted by Crippen LogP contribution is 2.48. The zero-order chi connectivity index (χ0) is 42.4. The first kappa shape index (κ1) is 41.8. The standard InChI is InChI=1S/C51H54N4O6/c1-50(2,3)55-43(33-61-51(38-20-12-7-13-21-38,39-22-14-8-15-23-39)40-24-16-9-17-25-40)47(56)48(60-32-37-26-28-41(57-4)29-27-37)45(55)42-30-54(35-59-31-36-18-10-6-11-19-36)46-44(42)52-34-53-49(46)58-5/h6-30,34,43,45,47-48,56H,31-33,35H2,1-5H3/t43-,45+,47-,48+/m1/s1. The SMILES string of the molecule is COc1ccc(CO[C@@H]2[C@H](O)[C@@H](COC(c3ccccc3)(c3ccccc3)c3ccccc3)N(C(C)(C)C)[C@H]2c2cn(COCc3ccccc3)c3c(OC)ncnc23)cc1. The molecule has 61 heavy (non-hydrogen) atoms. The van der Waals surface area contributed by atoms with Gasteiger partial charge >= 0.3 is 0 Å². The number of benzene rings is 5. The van der Waals surface area contributed by atoms with Crippen LogP contribution in [0.25, 0.3) is 11.0 Å². The van der Waals surface area contributed by atoms with Gasteiger partial charge in [0.2, 0.25) is 5.88 Å². The number of aliphatic hydroxyl groups is 1. The fourth-order valence-electron chi connectivity index (χ4n) is 8.87. The molecular weight excluding hydrogens is 765 g/mol. The second-order valence-electron chi connectivity index (χ2n) is 16.4. The maximum absolute atomic E-state index is 12.9. The third-order valence-electron chi connectivity index (χ3n) is 11.6. The summed E-state index contributed by atoms with van der Waals surface area (Å²) in [6, 6.07) is 47.8. The highest BCUT2D eigenvalue weighted by molar-refractivity contribution is 5.84. The predicted molar refractivity (Wildman–Crippen MR) is 236 cm³/mol. The van der Waals surface area contributed by atoms with Gasteiger partial charge in [0, 0.05) is 17.3 Å². The van der Waals surface area contributed by atoms with Gasteiger partial charge in [-0.2, -0.15) is 4.98 Å². The van der Waals surface area contributed by atoms with Crippen molar-refractivity contribution in [2.24, 2.45) is 0 Å². The van der Waals surface area contributed by atoms with Crippen molar-refractivity contribution in [3.63, 3.8) is 0 Å². The summed E-state index contributed by atoms with van der Waals surface area (Å²) in [7, 11) is 3.26. The second kappa shape index (κ2) is 18.4. The highest BCUT2D eigenvalue weighted by Gasteiger charge is 2.55. The van der Waals surface area contributed by atoms with Crippen molar-refractivity contribution in [2.75, 3.05) is 20.8 Å². The van der Waals surface area contributed by atoms with Crippen LogP contribution in [0.15, 0.2) is 158 Å². The molecule has 3 heterocycles. The maximum Gasteiger partial charge on any atom is 0.241 e. The van der Waals surface area contributed by atoms with E-state index < -0.39 is 35.4 Å². The molecule has 4 atom stereocenters. The molecule has 7 aromatic rings. The quantitative estimate of drug-likeness (QED) is 0.0958. The molecule has 0 saturated carbocycles. The Morgan fingerprint density at radius 2 is 1.21 bits per heavy atom. The highest BCUT2D eigenvalue weighted by atomic mass is 16.5. The summed E-state index contributed by atoms with van der Waals surface area (Å²) in [5.41, 5.74) is 5.69. The number of hydrogen-bond donors (Lipinski definition) is 1. The number of rotatable bonds is 16. The Morgan fingerprint density at radius 3 is 1.75 bits per heavy atom.